The lowest BCUT2D eigenvalue weighted by Gasteiger charge is -2.15. The average molecular weight is 459 g/mol. The van der Waals surface area contributed by atoms with E-state index < -0.39 is 0 Å². The van der Waals surface area contributed by atoms with Crippen LogP contribution < -0.4 is 15.4 Å². The molecule has 0 bridgehead atoms. The Labute approximate surface area is 168 Å². The lowest BCUT2D eigenvalue weighted by Crippen LogP contribution is -2.37. The van der Waals surface area contributed by atoms with Crippen LogP contribution in [0.4, 0.5) is 0 Å². The number of benzene rings is 1. The predicted octanol–water partition coefficient (Wildman–Crippen LogP) is 3.96. The van der Waals surface area contributed by atoms with Gasteiger partial charge >= 0.3 is 0 Å². The molecule has 0 fully saturated rings. The zero-order valence-electron chi connectivity index (χ0n) is 15.2. The van der Waals surface area contributed by atoms with Crippen molar-refractivity contribution >= 4 is 29.9 Å². The van der Waals surface area contributed by atoms with Gasteiger partial charge < -0.3 is 20.5 Å². The second-order valence-corrected chi connectivity index (χ2v) is 5.99. The number of phenolic OH excluding ortho intramolecular Hbond substituents is 1. The van der Waals surface area contributed by atoms with Gasteiger partial charge in [-0.15, -0.1) is 24.0 Å². The van der Waals surface area contributed by atoms with Crippen molar-refractivity contribution in [3.05, 3.63) is 35.4 Å². The number of phenols is 1. The van der Waals surface area contributed by atoms with E-state index in [4.69, 9.17) is 4.74 Å². The van der Waals surface area contributed by atoms with Crippen molar-refractivity contribution in [2.45, 2.75) is 45.6 Å². The Morgan fingerprint density at radius 2 is 2.12 bits per heavy atom. The third kappa shape index (κ3) is 7.54. The van der Waals surface area contributed by atoms with Crippen LogP contribution in [0.5, 0.6) is 11.5 Å². The zero-order chi connectivity index (χ0) is 17.2. The van der Waals surface area contributed by atoms with Gasteiger partial charge in [-0.25, -0.2) is 4.99 Å². The van der Waals surface area contributed by atoms with Crippen molar-refractivity contribution in [1.29, 1.82) is 0 Å². The molecule has 1 aliphatic carbocycles. The maximum Gasteiger partial charge on any atom is 0.191 e. The number of guanidine groups is 1. The van der Waals surface area contributed by atoms with Gasteiger partial charge in [-0.1, -0.05) is 17.7 Å². The summed E-state index contributed by atoms with van der Waals surface area (Å²) in [6, 6.07) is 5.37. The van der Waals surface area contributed by atoms with Crippen molar-refractivity contribution in [2.24, 2.45) is 4.99 Å². The van der Waals surface area contributed by atoms with Gasteiger partial charge in [0.1, 0.15) is 0 Å². The summed E-state index contributed by atoms with van der Waals surface area (Å²) >= 11 is 0. The van der Waals surface area contributed by atoms with Gasteiger partial charge in [-0.3, -0.25) is 0 Å². The van der Waals surface area contributed by atoms with Crippen LogP contribution in [0, 0.1) is 0 Å². The van der Waals surface area contributed by atoms with Crippen LogP contribution in [-0.2, 0) is 6.54 Å². The molecule has 0 unspecified atom stereocenters. The van der Waals surface area contributed by atoms with Crippen LogP contribution in [0.15, 0.2) is 34.8 Å². The predicted molar refractivity (Wildman–Crippen MR) is 114 cm³/mol. The Morgan fingerprint density at radius 3 is 2.76 bits per heavy atom. The number of nitrogens with one attached hydrogen (secondary N) is 2. The second-order valence-electron chi connectivity index (χ2n) is 5.99. The monoisotopic (exact) mass is 459 g/mol. The molecule has 0 aliphatic heterocycles. The molecule has 0 heterocycles. The first kappa shape index (κ1) is 21.6. The van der Waals surface area contributed by atoms with Gasteiger partial charge in [-0.2, -0.15) is 0 Å². The summed E-state index contributed by atoms with van der Waals surface area (Å²) in [7, 11) is 1.54. The molecule has 1 aliphatic rings. The molecule has 140 valence electrons. The van der Waals surface area contributed by atoms with Crippen LogP contribution in [0.2, 0.25) is 0 Å². The third-order valence-electron chi connectivity index (χ3n) is 4.13. The Morgan fingerprint density at radius 1 is 1.28 bits per heavy atom. The molecule has 0 spiro atoms. The summed E-state index contributed by atoms with van der Waals surface area (Å²) in [4.78, 5) is 4.59. The molecule has 0 saturated carbocycles. The van der Waals surface area contributed by atoms with Gasteiger partial charge in [0.2, 0.25) is 0 Å². The first-order valence-electron chi connectivity index (χ1n) is 8.79. The molecule has 3 N–H and O–H groups in total. The fraction of sp³-hybridized carbons (Fsp3) is 0.526. The van der Waals surface area contributed by atoms with E-state index in [9.17, 15) is 5.11 Å². The van der Waals surface area contributed by atoms with Crippen molar-refractivity contribution in [3.63, 3.8) is 0 Å². The van der Waals surface area contributed by atoms with E-state index in [1.807, 2.05) is 6.07 Å². The van der Waals surface area contributed by atoms with Crippen LogP contribution in [0.3, 0.4) is 0 Å². The molecular weight excluding hydrogens is 429 g/mol. The molecule has 0 amide bonds. The first-order chi connectivity index (χ1) is 11.7. The highest BCUT2D eigenvalue weighted by molar-refractivity contribution is 14.0. The molecule has 0 aromatic heterocycles. The zero-order valence-corrected chi connectivity index (χ0v) is 17.5. The summed E-state index contributed by atoms with van der Waals surface area (Å²) in [5, 5.41) is 16.5. The maximum atomic E-state index is 9.83. The lowest BCUT2D eigenvalue weighted by atomic mass is 9.97. The fourth-order valence-corrected chi connectivity index (χ4v) is 2.82. The fourth-order valence-electron chi connectivity index (χ4n) is 2.82. The lowest BCUT2D eigenvalue weighted by molar-refractivity contribution is 0.373. The smallest absolute Gasteiger partial charge is 0.191 e. The Bertz CT molecular complexity index is 588. The van der Waals surface area contributed by atoms with Crippen molar-refractivity contribution in [2.75, 3.05) is 20.2 Å². The number of hydrogen-bond donors (Lipinski definition) is 3. The molecule has 0 saturated heterocycles. The Balaban J connectivity index is 0.00000312. The molecule has 0 atom stereocenters. The minimum Gasteiger partial charge on any atom is -0.504 e. The maximum absolute atomic E-state index is 9.83. The van der Waals surface area contributed by atoms with E-state index in [1.165, 1.54) is 25.7 Å². The minimum absolute atomic E-state index is 0. The number of ether oxygens (including phenoxy) is 1. The van der Waals surface area contributed by atoms with Crippen molar-refractivity contribution in [3.8, 4) is 11.5 Å². The van der Waals surface area contributed by atoms with Gasteiger partial charge in [0.05, 0.1) is 13.7 Å². The third-order valence-corrected chi connectivity index (χ3v) is 4.13. The number of nitrogens with zero attached hydrogens (tertiary/aromatic N) is 1. The van der Waals surface area contributed by atoms with E-state index >= 15 is 0 Å². The highest BCUT2D eigenvalue weighted by Crippen LogP contribution is 2.26. The van der Waals surface area contributed by atoms with Crippen LogP contribution in [0.1, 0.15) is 44.6 Å². The number of allylic oxidation sites excluding steroid dienone is 1. The Hall–Kier alpha value is -1.44. The highest BCUT2D eigenvalue weighted by Gasteiger charge is 2.05. The van der Waals surface area contributed by atoms with E-state index in [1.54, 1.807) is 24.8 Å². The van der Waals surface area contributed by atoms with Crippen molar-refractivity contribution in [1.82, 2.24) is 10.6 Å². The van der Waals surface area contributed by atoms with Crippen LogP contribution in [-0.4, -0.2) is 31.3 Å². The summed E-state index contributed by atoms with van der Waals surface area (Å²) in [5.41, 5.74) is 2.50. The normalized spacial score (nSPS) is 14.3. The number of methoxy groups -OCH3 is 1. The molecular formula is C19H30IN3O2. The largest absolute Gasteiger partial charge is 0.504 e. The summed E-state index contributed by atoms with van der Waals surface area (Å²) in [6.45, 7) is 4.28. The number of rotatable bonds is 7. The molecule has 2 rings (SSSR count). The highest BCUT2D eigenvalue weighted by atomic mass is 127. The van der Waals surface area contributed by atoms with Crippen molar-refractivity contribution < 1.29 is 9.84 Å². The average Bonchev–Trinajstić information content (AvgIpc) is 2.60. The number of halogens is 1. The molecule has 6 heteroatoms. The number of hydrogen-bond acceptors (Lipinski definition) is 3. The quantitative estimate of drug-likeness (QED) is 0.250. The summed E-state index contributed by atoms with van der Waals surface area (Å²) < 4.78 is 5.06. The summed E-state index contributed by atoms with van der Waals surface area (Å²) in [6.07, 6.45) is 8.57. The topological polar surface area (TPSA) is 65.9 Å². The molecule has 5 nitrogen and oxygen atoms in total. The van der Waals surface area contributed by atoms with Gasteiger partial charge in [-0.05, 0) is 56.7 Å². The second kappa shape index (κ2) is 12.0. The van der Waals surface area contributed by atoms with E-state index in [0.717, 1.165) is 31.0 Å². The van der Waals surface area contributed by atoms with Gasteiger partial charge in [0.15, 0.2) is 17.5 Å². The Kier molecular flexibility index (Phi) is 10.4. The first-order valence-corrected chi connectivity index (χ1v) is 8.79. The van der Waals surface area contributed by atoms with Crippen LogP contribution >= 0.6 is 24.0 Å². The van der Waals surface area contributed by atoms with Gasteiger partial charge in [0.25, 0.3) is 0 Å². The summed E-state index contributed by atoms with van der Waals surface area (Å²) in [5.74, 6) is 1.44. The minimum atomic E-state index is 0. The van der Waals surface area contributed by atoms with Crippen LogP contribution in [0.25, 0.3) is 0 Å². The number of aromatic hydroxyl groups is 1. The number of aliphatic imine (C=N–C) groups is 1. The van der Waals surface area contributed by atoms with E-state index in [0.29, 0.717) is 12.3 Å². The molecule has 0 radical (unpaired) electrons. The van der Waals surface area contributed by atoms with Gasteiger partial charge in [0, 0.05) is 13.1 Å². The molecule has 1 aromatic carbocycles. The van der Waals surface area contributed by atoms with E-state index in [-0.39, 0.29) is 29.7 Å². The molecule has 1 aromatic rings. The molecule has 25 heavy (non-hydrogen) atoms. The standard InChI is InChI=1S/C19H29N3O2.HI/c1-3-20-19(21-12-11-15-7-5-4-6-8-15)22-14-16-9-10-18(24-2)17(23)13-16;/h7,9-10,13,23H,3-6,8,11-12,14H2,1-2H3,(H2,20,21,22);1H. The SMILES string of the molecule is CCNC(=NCc1ccc(OC)c(O)c1)NCCC1=CCCCC1.I. The van der Waals surface area contributed by atoms with E-state index in [2.05, 4.69) is 28.6 Å².